The van der Waals surface area contributed by atoms with Gasteiger partial charge in [-0.15, -0.1) is 0 Å². The monoisotopic (exact) mass is 432 g/mol. The molecule has 10 heteroatoms. The first-order valence-electron chi connectivity index (χ1n) is 9.04. The Morgan fingerprint density at radius 3 is 2.61 bits per heavy atom. The lowest BCUT2D eigenvalue weighted by Gasteiger charge is -2.31. The summed E-state index contributed by atoms with van der Waals surface area (Å²) in [7, 11) is -3.72. The average molecular weight is 433 g/mol. The Kier molecular flexibility index (Phi) is 7.11. The number of thiophene rings is 1. The SMILES string of the molecule is Cc1cscc1C(OS(C)(=O)=O)C1CCC(=O)N1CCNC(=O)OC(C)(C)C. The molecule has 2 atom stereocenters. The highest BCUT2D eigenvalue weighted by Crippen LogP contribution is 2.36. The second-order valence-electron chi connectivity index (χ2n) is 7.85. The Bertz CT molecular complexity index is 812. The van der Waals surface area contributed by atoms with Gasteiger partial charge >= 0.3 is 6.09 Å². The van der Waals surface area contributed by atoms with Gasteiger partial charge in [-0.25, -0.2) is 4.79 Å². The van der Waals surface area contributed by atoms with Gasteiger partial charge in [-0.2, -0.15) is 19.8 Å². The lowest BCUT2D eigenvalue weighted by Crippen LogP contribution is -2.44. The normalized spacial score (nSPS) is 19.0. The van der Waals surface area contributed by atoms with Gasteiger partial charge in [-0.3, -0.25) is 8.98 Å². The third-order valence-electron chi connectivity index (χ3n) is 4.23. The van der Waals surface area contributed by atoms with Gasteiger partial charge in [-0.05, 0) is 56.0 Å². The molecule has 0 aromatic carbocycles. The summed E-state index contributed by atoms with van der Waals surface area (Å²) in [6, 6.07) is -0.420. The Balaban J connectivity index is 2.11. The smallest absolute Gasteiger partial charge is 0.407 e. The fraction of sp³-hybridized carbons (Fsp3) is 0.667. The first-order chi connectivity index (χ1) is 12.9. The van der Waals surface area contributed by atoms with Crippen LogP contribution in [0.15, 0.2) is 10.8 Å². The molecule has 1 aromatic rings. The van der Waals surface area contributed by atoms with Crippen LogP contribution >= 0.6 is 11.3 Å². The number of carbonyl (C=O) groups is 2. The second kappa shape index (κ2) is 8.79. The number of hydrogen-bond acceptors (Lipinski definition) is 7. The zero-order valence-electron chi connectivity index (χ0n) is 16.9. The topological polar surface area (TPSA) is 102 Å². The van der Waals surface area contributed by atoms with Crippen LogP contribution < -0.4 is 5.32 Å². The van der Waals surface area contributed by atoms with Crippen molar-refractivity contribution >= 4 is 33.5 Å². The molecule has 2 heterocycles. The molecule has 2 rings (SSSR count). The van der Waals surface area contributed by atoms with Gasteiger partial charge in [0.2, 0.25) is 5.91 Å². The van der Waals surface area contributed by atoms with Crippen molar-refractivity contribution in [1.82, 2.24) is 10.2 Å². The van der Waals surface area contributed by atoms with E-state index in [4.69, 9.17) is 8.92 Å². The van der Waals surface area contributed by atoms with Crippen molar-refractivity contribution in [2.24, 2.45) is 0 Å². The highest BCUT2D eigenvalue weighted by molar-refractivity contribution is 7.86. The second-order valence-corrected chi connectivity index (χ2v) is 10.2. The van der Waals surface area contributed by atoms with Crippen LogP contribution in [0.3, 0.4) is 0 Å². The number of ether oxygens (including phenoxy) is 1. The minimum atomic E-state index is -3.72. The van der Waals surface area contributed by atoms with E-state index in [2.05, 4.69) is 5.32 Å². The van der Waals surface area contributed by atoms with Crippen LogP contribution in [0, 0.1) is 6.92 Å². The van der Waals surface area contributed by atoms with E-state index in [9.17, 15) is 18.0 Å². The van der Waals surface area contributed by atoms with E-state index >= 15 is 0 Å². The van der Waals surface area contributed by atoms with Crippen molar-refractivity contribution in [3.8, 4) is 0 Å². The molecule has 0 aliphatic carbocycles. The summed E-state index contributed by atoms with van der Waals surface area (Å²) >= 11 is 1.46. The number of hydrogen-bond donors (Lipinski definition) is 1. The lowest BCUT2D eigenvalue weighted by atomic mass is 10.00. The molecular formula is C18H28N2O6S2. The number of carbonyl (C=O) groups excluding carboxylic acids is 2. The standard InChI is InChI=1S/C18H28N2O6S2/c1-12-10-27-11-13(12)16(26-28(5,23)24)14-6-7-15(21)20(14)9-8-19-17(22)25-18(2,3)4/h10-11,14,16H,6-9H2,1-5H3,(H,19,22). The Morgan fingerprint density at radius 1 is 1.39 bits per heavy atom. The maximum atomic E-state index is 12.4. The van der Waals surface area contributed by atoms with E-state index < -0.39 is 34.0 Å². The molecule has 2 unspecified atom stereocenters. The third kappa shape index (κ3) is 6.46. The summed E-state index contributed by atoms with van der Waals surface area (Å²) in [5, 5.41) is 6.40. The van der Waals surface area contributed by atoms with Gasteiger partial charge in [0, 0.05) is 19.5 Å². The molecular weight excluding hydrogens is 404 g/mol. The molecule has 2 amide bonds. The molecule has 28 heavy (non-hydrogen) atoms. The molecule has 0 bridgehead atoms. The third-order valence-corrected chi connectivity index (χ3v) is 5.66. The van der Waals surface area contributed by atoms with Crippen LogP contribution in [0.5, 0.6) is 0 Å². The van der Waals surface area contributed by atoms with Crippen LogP contribution in [-0.4, -0.2) is 56.3 Å². The van der Waals surface area contributed by atoms with E-state index in [1.807, 2.05) is 17.7 Å². The molecule has 1 aliphatic rings. The Hall–Kier alpha value is -1.65. The summed E-state index contributed by atoms with van der Waals surface area (Å²) in [4.78, 5) is 25.8. The zero-order valence-corrected chi connectivity index (χ0v) is 18.5. The maximum absolute atomic E-state index is 12.4. The molecule has 158 valence electrons. The molecule has 1 aromatic heterocycles. The van der Waals surface area contributed by atoms with Crippen LogP contribution in [0.2, 0.25) is 0 Å². The quantitative estimate of drug-likeness (QED) is 0.665. The number of amides is 2. The highest BCUT2D eigenvalue weighted by atomic mass is 32.2. The zero-order chi connectivity index (χ0) is 21.1. The number of aryl methyl sites for hydroxylation is 1. The van der Waals surface area contributed by atoms with Gasteiger partial charge in [-0.1, -0.05) is 0 Å². The van der Waals surface area contributed by atoms with Crippen molar-refractivity contribution in [3.63, 3.8) is 0 Å². The summed E-state index contributed by atoms with van der Waals surface area (Å²) in [6.45, 7) is 7.63. The van der Waals surface area contributed by atoms with Crippen molar-refractivity contribution in [1.29, 1.82) is 0 Å². The van der Waals surface area contributed by atoms with Gasteiger partial charge in [0.15, 0.2) is 0 Å². The molecule has 0 radical (unpaired) electrons. The van der Waals surface area contributed by atoms with Gasteiger partial charge in [0.25, 0.3) is 10.1 Å². The summed E-state index contributed by atoms with van der Waals surface area (Å²) in [6.07, 6.45) is 0.472. The predicted molar refractivity (Wildman–Crippen MR) is 107 cm³/mol. The average Bonchev–Trinajstić information content (AvgIpc) is 3.09. The minimum absolute atomic E-state index is 0.0917. The molecule has 0 spiro atoms. The first-order valence-corrected chi connectivity index (χ1v) is 11.8. The van der Waals surface area contributed by atoms with E-state index in [-0.39, 0.29) is 19.0 Å². The minimum Gasteiger partial charge on any atom is -0.444 e. The van der Waals surface area contributed by atoms with Crippen LogP contribution in [-0.2, 0) is 23.8 Å². The number of likely N-dealkylation sites (tertiary alicyclic amines) is 1. The molecule has 0 saturated carbocycles. The summed E-state index contributed by atoms with van der Waals surface area (Å²) in [5.74, 6) is -0.0917. The van der Waals surface area contributed by atoms with E-state index in [1.54, 1.807) is 25.7 Å². The summed E-state index contributed by atoms with van der Waals surface area (Å²) < 4.78 is 34.2. The van der Waals surface area contributed by atoms with Crippen LogP contribution in [0.1, 0.15) is 50.8 Å². The molecule has 1 N–H and O–H groups in total. The largest absolute Gasteiger partial charge is 0.444 e. The van der Waals surface area contributed by atoms with Crippen LogP contribution in [0.25, 0.3) is 0 Å². The molecule has 1 saturated heterocycles. The first kappa shape index (κ1) is 22.6. The predicted octanol–water partition coefficient (Wildman–Crippen LogP) is 2.59. The van der Waals surface area contributed by atoms with Crippen molar-refractivity contribution in [3.05, 3.63) is 21.9 Å². The van der Waals surface area contributed by atoms with Crippen molar-refractivity contribution in [2.75, 3.05) is 19.3 Å². The Labute approximate surface area is 170 Å². The molecule has 8 nitrogen and oxygen atoms in total. The number of alkyl carbamates (subject to hydrolysis) is 1. The fourth-order valence-corrected chi connectivity index (χ4v) is 4.61. The van der Waals surface area contributed by atoms with Gasteiger partial charge in [0.1, 0.15) is 11.7 Å². The van der Waals surface area contributed by atoms with Gasteiger partial charge in [0.05, 0.1) is 12.3 Å². The van der Waals surface area contributed by atoms with Crippen LogP contribution in [0.4, 0.5) is 4.79 Å². The van der Waals surface area contributed by atoms with Crippen molar-refractivity contribution < 1.29 is 26.9 Å². The highest BCUT2D eigenvalue weighted by Gasteiger charge is 2.40. The number of nitrogens with zero attached hydrogens (tertiary/aromatic N) is 1. The number of rotatable bonds is 7. The van der Waals surface area contributed by atoms with E-state index in [1.165, 1.54) is 11.3 Å². The van der Waals surface area contributed by atoms with E-state index in [0.29, 0.717) is 12.8 Å². The van der Waals surface area contributed by atoms with Crippen molar-refractivity contribution in [2.45, 2.75) is 58.3 Å². The number of nitrogens with one attached hydrogen (secondary N) is 1. The lowest BCUT2D eigenvalue weighted by molar-refractivity contribution is -0.130. The molecule has 1 fully saturated rings. The van der Waals surface area contributed by atoms with E-state index in [0.717, 1.165) is 17.4 Å². The summed E-state index contributed by atoms with van der Waals surface area (Å²) in [5.41, 5.74) is 1.08. The fourth-order valence-electron chi connectivity index (χ4n) is 3.13. The Morgan fingerprint density at radius 2 is 2.07 bits per heavy atom. The molecule has 1 aliphatic heterocycles. The van der Waals surface area contributed by atoms with Gasteiger partial charge < -0.3 is 15.0 Å². The maximum Gasteiger partial charge on any atom is 0.407 e.